The van der Waals surface area contributed by atoms with Gasteiger partial charge in [0, 0.05) is 12.1 Å². The summed E-state index contributed by atoms with van der Waals surface area (Å²) < 4.78 is 0. The van der Waals surface area contributed by atoms with Crippen LogP contribution < -0.4 is 16.4 Å². The minimum absolute atomic E-state index is 0. The molecule has 1 aromatic carbocycles. The summed E-state index contributed by atoms with van der Waals surface area (Å²) in [6, 6.07) is 8.39. The molecule has 0 aliphatic heterocycles. The molecule has 1 rings (SSSR count). The molecule has 2 amide bonds. The monoisotopic (exact) mass is 327 g/mol. The Bertz CT molecular complexity index is 454. The highest BCUT2D eigenvalue weighted by Crippen LogP contribution is 2.09. The normalized spacial score (nSPS) is 12.7. The first-order valence-electron chi connectivity index (χ1n) is 7.43. The van der Waals surface area contributed by atoms with Crippen LogP contribution in [-0.2, 0) is 4.79 Å². The second kappa shape index (κ2) is 11.0. The highest BCUT2D eigenvalue weighted by molar-refractivity contribution is 5.97. The van der Waals surface area contributed by atoms with E-state index in [1.165, 1.54) is 0 Å². The fourth-order valence-electron chi connectivity index (χ4n) is 1.94. The van der Waals surface area contributed by atoms with Crippen molar-refractivity contribution in [3.8, 4) is 0 Å². The molecular formula is C16H26ClN3O2. The van der Waals surface area contributed by atoms with Crippen molar-refractivity contribution in [1.82, 2.24) is 10.6 Å². The van der Waals surface area contributed by atoms with E-state index in [0.29, 0.717) is 18.7 Å². The lowest BCUT2D eigenvalue weighted by molar-refractivity contribution is -0.124. The number of amides is 2. The average molecular weight is 328 g/mol. The molecular weight excluding hydrogens is 302 g/mol. The van der Waals surface area contributed by atoms with Crippen molar-refractivity contribution >= 4 is 24.2 Å². The Morgan fingerprint density at radius 1 is 1.23 bits per heavy atom. The molecule has 0 fully saturated rings. The summed E-state index contributed by atoms with van der Waals surface area (Å²) in [6.45, 7) is 5.02. The number of hydrogen-bond donors (Lipinski definition) is 3. The van der Waals surface area contributed by atoms with Crippen molar-refractivity contribution in [2.45, 2.75) is 32.7 Å². The quantitative estimate of drug-likeness (QED) is 0.636. The van der Waals surface area contributed by atoms with Crippen LogP contribution in [0.5, 0.6) is 0 Å². The Hall–Kier alpha value is -1.59. The molecule has 2 unspecified atom stereocenters. The topological polar surface area (TPSA) is 84.2 Å². The third-order valence-corrected chi connectivity index (χ3v) is 3.50. The minimum Gasteiger partial charge on any atom is -0.354 e. The first-order chi connectivity index (χ1) is 10.1. The lowest BCUT2D eigenvalue weighted by atomic mass is 9.98. The molecule has 0 aromatic heterocycles. The predicted octanol–water partition coefficient (Wildman–Crippen LogP) is 1.72. The molecule has 0 saturated heterocycles. The van der Waals surface area contributed by atoms with Crippen LogP contribution >= 0.6 is 12.4 Å². The number of benzene rings is 1. The summed E-state index contributed by atoms with van der Waals surface area (Å²) in [6.07, 6.45) is 1.54. The van der Waals surface area contributed by atoms with E-state index >= 15 is 0 Å². The lowest BCUT2D eigenvalue weighted by Crippen LogP contribution is -2.50. The molecule has 0 spiro atoms. The van der Waals surface area contributed by atoms with E-state index in [9.17, 15) is 9.59 Å². The first-order valence-corrected chi connectivity index (χ1v) is 7.43. The van der Waals surface area contributed by atoms with E-state index < -0.39 is 6.04 Å². The van der Waals surface area contributed by atoms with Gasteiger partial charge in [0.05, 0.1) is 0 Å². The van der Waals surface area contributed by atoms with Gasteiger partial charge in [0.15, 0.2) is 0 Å². The van der Waals surface area contributed by atoms with Gasteiger partial charge in [-0.05, 0) is 31.0 Å². The standard InChI is InChI=1S/C16H25N3O2.ClH/c1-3-12(2)14(16(21)18-11-7-10-17)19-15(20)13-8-5-4-6-9-13;/h4-6,8-9,12,14H,3,7,10-11,17H2,1-2H3,(H,18,21)(H,19,20);1H. The van der Waals surface area contributed by atoms with Gasteiger partial charge in [0.1, 0.15) is 6.04 Å². The fourth-order valence-corrected chi connectivity index (χ4v) is 1.94. The molecule has 0 aliphatic rings. The van der Waals surface area contributed by atoms with E-state index in [-0.39, 0.29) is 30.1 Å². The summed E-state index contributed by atoms with van der Waals surface area (Å²) >= 11 is 0. The molecule has 5 nitrogen and oxygen atoms in total. The SMILES string of the molecule is CCC(C)C(NC(=O)c1ccccc1)C(=O)NCCCN.Cl. The molecule has 0 saturated carbocycles. The Morgan fingerprint density at radius 3 is 2.41 bits per heavy atom. The second-order valence-electron chi connectivity index (χ2n) is 5.14. The van der Waals surface area contributed by atoms with Gasteiger partial charge in [-0.1, -0.05) is 38.5 Å². The Balaban J connectivity index is 0.00000441. The molecule has 6 heteroatoms. The van der Waals surface area contributed by atoms with Crippen LogP contribution in [0.4, 0.5) is 0 Å². The zero-order chi connectivity index (χ0) is 15.7. The fraction of sp³-hybridized carbons (Fsp3) is 0.500. The molecule has 0 bridgehead atoms. The smallest absolute Gasteiger partial charge is 0.251 e. The molecule has 0 radical (unpaired) electrons. The molecule has 0 aliphatic carbocycles. The van der Waals surface area contributed by atoms with E-state index in [2.05, 4.69) is 10.6 Å². The molecule has 124 valence electrons. The van der Waals surface area contributed by atoms with Crippen molar-refractivity contribution in [3.63, 3.8) is 0 Å². The number of rotatable bonds is 8. The van der Waals surface area contributed by atoms with Crippen LogP contribution in [0.3, 0.4) is 0 Å². The summed E-state index contributed by atoms with van der Waals surface area (Å²) in [5.41, 5.74) is 5.97. The van der Waals surface area contributed by atoms with Gasteiger partial charge in [-0.2, -0.15) is 0 Å². The van der Waals surface area contributed by atoms with Crippen molar-refractivity contribution < 1.29 is 9.59 Å². The molecule has 2 atom stereocenters. The average Bonchev–Trinajstić information content (AvgIpc) is 2.52. The van der Waals surface area contributed by atoms with Crippen molar-refractivity contribution in [3.05, 3.63) is 35.9 Å². The largest absolute Gasteiger partial charge is 0.354 e. The number of carbonyl (C=O) groups excluding carboxylic acids is 2. The second-order valence-corrected chi connectivity index (χ2v) is 5.14. The van der Waals surface area contributed by atoms with Crippen LogP contribution in [0.2, 0.25) is 0 Å². The molecule has 22 heavy (non-hydrogen) atoms. The zero-order valence-electron chi connectivity index (χ0n) is 13.2. The van der Waals surface area contributed by atoms with Crippen LogP contribution in [-0.4, -0.2) is 30.9 Å². The zero-order valence-corrected chi connectivity index (χ0v) is 14.0. The highest BCUT2D eigenvalue weighted by Gasteiger charge is 2.25. The van der Waals surface area contributed by atoms with E-state index in [4.69, 9.17) is 5.73 Å². The first kappa shape index (κ1) is 20.4. The highest BCUT2D eigenvalue weighted by atomic mass is 35.5. The maximum Gasteiger partial charge on any atom is 0.251 e. The number of carbonyl (C=O) groups is 2. The maximum atomic E-state index is 12.2. The van der Waals surface area contributed by atoms with Crippen molar-refractivity contribution in [1.29, 1.82) is 0 Å². The van der Waals surface area contributed by atoms with Gasteiger partial charge in [0.25, 0.3) is 5.91 Å². The number of nitrogens with two attached hydrogens (primary N) is 1. The third kappa shape index (κ3) is 6.45. The summed E-state index contributed by atoms with van der Waals surface area (Å²) in [5, 5.41) is 5.65. The van der Waals surface area contributed by atoms with Crippen molar-refractivity contribution in [2.24, 2.45) is 11.7 Å². The molecule has 0 heterocycles. The molecule has 4 N–H and O–H groups in total. The summed E-state index contributed by atoms with van der Waals surface area (Å²) in [4.78, 5) is 24.4. The Labute approximate surface area is 138 Å². The van der Waals surface area contributed by atoms with Crippen LogP contribution in [0.15, 0.2) is 30.3 Å². The minimum atomic E-state index is -0.527. The molecule has 1 aromatic rings. The number of hydrogen-bond acceptors (Lipinski definition) is 3. The van der Waals surface area contributed by atoms with Gasteiger partial charge < -0.3 is 16.4 Å². The lowest BCUT2D eigenvalue weighted by Gasteiger charge is -2.23. The van der Waals surface area contributed by atoms with Gasteiger partial charge in [-0.25, -0.2) is 0 Å². The van der Waals surface area contributed by atoms with E-state index in [1.807, 2.05) is 19.9 Å². The summed E-state index contributed by atoms with van der Waals surface area (Å²) in [5.74, 6) is -0.313. The van der Waals surface area contributed by atoms with Gasteiger partial charge in [0.2, 0.25) is 5.91 Å². The van der Waals surface area contributed by atoms with Crippen LogP contribution in [0.25, 0.3) is 0 Å². The predicted molar refractivity (Wildman–Crippen MR) is 91.1 cm³/mol. The van der Waals surface area contributed by atoms with Gasteiger partial charge in [-0.15, -0.1) is 12.4 Å². The van der Waals surface area contributed by atoms with Gasteiger partial charge in [-0.3, -0.25) is 9.59 Å². The van der Waals surface area contributed by atoms with E-state index in [1.54, 1.807) is 24.3 Å². The van der Waals surface area contributed by atoms with Crippen molar-refractivity contribution in [2.75, 3.05) is 13.1 Å². The maximum absolute atomic E-state index is 12.2. The number of halogens is 1. The Morgan fingerprint density at radius 2 is 1.86 bits per heavy atom. The Kier molecular flexibility index (Phi) is 10.2. The van der Waals surface area contributed by atoms with E-state index in [0.717, 1.165) is 12.8 Å². The van der Waals surface area contributed by atoms with Crippen LogP contribution in [0, 0.1) is 5.92 Å². The van der Waals surface area contributed by atoms with Gasteiger partial charge >= 0.3 is 0 Å². The third-order valence-electron chi connectivity index (χ3n) is 3.50. The number of nitrogens with one attached hydrogen (secondary N) is 2. The summed E-state index contributed by atoms with van der Waals surface area (Å²) in [7, 11) is 0. The van der Waals surface area contributed by atoms with Crippen LogP contribution in [0.1, 0.15) is 37.0 Å².